The van der Waals surface area contributed by atoms with E-state index in [9.17, 15) is 24.1 Å². The molecule has 2 aromatic heterocycles. The topological polar surface area (TPSA) is 215 Å². The zero-order valence-electron chi connectivity index (χ0n) is 30.0. The molecule has 0 radical (unpaired) electrons. The van der Waals surface area contributed by atoms with Gasteiger partial charge in [-0.05, 0) is 74.8 Å². The van der Waals surface area contributed by atoms with E-state index in [0.29, 0.717) is 19.4 Å². The maximum atomic E-state index is 13.6. The monoisotopic (exact) mass is 713 g/mol. The quantitative estimate of drug-likeness (QED) is 0.0511. The number of imidazole rings is 1. The Morgan fingerprint density at radius 1 is 0.750 bits per heavy atom. The van der Waals surface area contributed by atoms with Gasteiger partial charge in [0, 0.05) is 18.8 Å². The van der Waals surface area contributed by atoms with Crippen molar-refractivity contribution >= 4 is 29.3 Å². The van der Waals surface area contributed by atoms with Crippen molar-refractivity contribution in [3.05, 3.63) is 113 Å². The largest absolute Gasteiger partial charge is 0.343 e. The molecule has 0 saturated carbocycles. The van der Waals surface area contributed by atoms with Gasteiger partial charge in [-0.1, -0.05) is 80.6 Å². The Kier molecular flexibility index (Phi) is 17.1. The number of amides is 4. The number of hydrogen-bond acceptors (Lipinski definition) is 9. The van der Waals surface area contributed by atoms with E-state index in [-0.39, 0.29) is 31.6 Å². The molecule has 0 aliphatic rings. The Hall–Kier alpha value is -5.47. The molecule has 2 heterocycles. The van der Waals surface area contributed by atoms with Crippen LogP contribution in [0, 0.1) is 17.7 Å². The van der Waals surface area contributed by atoms with Gasteiger partial charge in [0.1, 0.15) is 23.8 Å². The van der Waals surface area contributed by atoms with E-state index >= 15 is 0 Å². The molecule has 2 aromatic carbocycles. The first kappa shape index (κ1) is 41.0. The van der Waals surface area contributed by atoms with E-state index in [1.807, 2.05) is 122 Å². The van der Waals surface area contributed by atoms with Crippen LogP contribution in [0.1, 0.15) is 56.4 Å². The van der Waals surface area contributed by atoms with Crippen molar-refractivity contribution < 1.29 is 19.2 Å². The Balaban J connectivity index is 0.000000616. The molecule has 4 rings (SSSR count). The summed E-state index contributed by atoms with van der Waals surface area (Å²) in [4.78, 5) is 67.3. The molecule has 0 aliphatic carbocycles. The smallest absolute Gasteiger partial charge is 0.265 e. The molecule has 0 unspecified atom stereocenters. The molecule has 14 nitrogen and oxygen atoms in total. The fourth-order valence-corrected chi connectivity index (χ4v) is 5.49. The molecule has 4 atom stereocenters. The van der Waals surface area contributed by atoms with Crippen molar-refractivity contribution in [3.8, 4) is 0 Å². The van der Waals surface area contributed by atoms with Crippen LogP contribution in [-0.2, 0) is 32.0 Å². The summed E-state index contributed by atoms with van der Waals surface area (Å²) >= 11 is 0. The molecule has 14 heteroatoms. The number of aryl methyl sites for hydroxylation is 1. The first-order valence-corrected chi connectivity index (χ1v) is 17.5. The molecule has 0 fully saturated rings. The van der Waals surface area contributed by atoms with Gasteiger partial charge >= 0.3 is 0 Å². The van der Waals surface area contributed by atoms with E-state index < -0.39 is 47.8 Å². The third-order valence-corrected chi connectivity index (χ3v) is 8.11. The highest BCUT2D eigenvalue weighted by Gasteiger charge is 2.31. The molecule has 4 amide bonds. The van der Waals surface area contributed by atoms with Crippen LogP contribution in [0.5, 0.6) is 0 Å². The standard InChI is InChI=1S/C30H43N7O5.C8H8N2/c1-20(2)17-25(28(39)33-24(15-9-10-16-31)30(41)36-37-42)35-29(40)26(19-22-13-7-4-8-14-22)34-27(38)23(32)18-21-11-5-3-6-12-21;1-7-6-10-5-3-2-4-8(10)9-7/h3-8,11-14,20,23-26H,9-10,15-19,31-32H2,1-2H3,(H,33,39)(H,34,38)(H,35,40)(H,36,41,42);2-6H,1H3/t23-,24-,25-,26-;/m1./s1. The van der Waals surface area contributed by atoms with Crippen molar-refractivity contribution in [1.82, 2.24) is 30.8 Å². The van der Waals surface area contributed by atoms with E-state index in [0.717, 1.165) is 22.5 Å². The molecule has 0 aliphatic heterocycles. The molecule has 278 valence electrons. The van der Waals surface area contributed by atoms with Crippen LogP contribution in [0.4, 0.5) is 0 Å². The van der Waals surface area contributed by atoms with Crippen molar-refractivity contribution in [3.63, 3.8) is 0 Å². The maximum Gasteiger partial charge on any atom is 0.265 e. The van der Waals surface area contributed by atoms with Gasteiger partial charge in [0.25, 0.3) is 5.91 Å². The number of pyridine rings is 1. The van der Waals surface area contributed by atoms with Gasteiger partial charge in [0.05, 0.1) is 17.0 Å². The SMILES string of the molecule is CC(C)C[C@@H](NC(=O)[C@@H](Cc1ccccc1)NC(=O)[C@H](N)Cc1ccccc1)C(=O)N[C@H](CCCCN)C(=O)NN=O.Cc1cn2ccccc2n1. The third kappa shape index (κ3) is 14.0. The average Bonchev–Trinajstić information content (AvgIpc) is 3.51. The number of nitroso groups, excluding NO2 is 1. The minimum Gasteiger partial charge on any atom is -0.343 e. The lowest BCUT2D eigenvalue weighted by molar-refractivity contribution is -0.134. The highest BCUT2D eigenvalue weighted by Crippen LogP contribution is 2.11. The summed E-state index contributed by atoms with van der Waals surface area (Å²) < 4.78 is 2.01. The number of nitrogens with zero attached hydrogens (tertiary/aromatic N) is 3. The summed E-state index contributed by atoms with van der Waals surface area (Å²) in [5.74, 6) is -2.42. The van der Waals surface area contributed by atoms with Crippen LogP contribution in [0.25, 0.3) is 5.65 Å². The van der Waals surface area contributed by atoms with E-state index in [2.05, 4.69) is 26.2 Å². The Morgan fingerprint density at radius 3 is 1.92 bits per heavy atom. The van der Waals surface area contributed by atoms with Crippen LogP contribution in [-0.4, -0.2) is 63.7 Å². The second kappa shape index (κ2) is 21.7. The number of nitrogens with two attached hydrogens (primary N) is 2. The van der Waals surface area contributed by atoms with Gasteiger partial charge in [-0.15, -0.1) is 4.91 Å². The van der Waals surface area contributed by atoms with Gasteiger partial charge in [-0.3, -0.25) is 19.2 Å². The van der Waals surface area contributed by atoms with Gasteiger partial charge in [0.2, 0.25) is 17.7 Å². The summed E-state index contributed by atoms with van der Waals surface area (Å²) in [6.07, 6.45) is 6.11. The summed E-state index contributed by atoms with van der Waals surface area (Å²) in [6.45, 7) is 6.18. The van der Waals surface area contributed by atoms with E-state index in [1.54, 1.807) is 0 Å². The van der Waals surface area contributed by atoms with Crippen LogP contribution in [0.2, 0.25) is 0 Å². The molecular formula is C38H51N9O5. The van der Waals surface area contributed by atoms with Gasteiger partial charge in [-0.25, -0.2) is 10.4 Å². The Labute approximate surface area is 304 Å². The zero-order chi connectivity index (χ0) is 37.9. The normalized spacial score (nSPS) is 13.1. The molecular weight excluding hydrogens is 662 g/mol. The van der Waals surface area contributed by atoms with Crippen LogP contribution in [0.15, 0.2) is 96.5 Å². The Morgan fingerprint density at radius 2 is 1.33 bits per heavy atom. The molecule has 52 heavy (non-hydrogen) atoms. The van der Waals surface area contributed by atoms with E-state index in [1.165, 1.54) is 0 Å². The first-order chi connectivity index (χ1) is 25.0. The lowest BCUT2D eigenvalue weighted by atomic mass is 9.99. The molecule has 0 saturated heterocycles. The predicted molar refractivity (Wildman–Crippen MR) is 200 cm³/mol. The van der Waals surface area contributed by atoms with Crippen molar-refractivity contribution in [2.75, 3.05) is 6.54 Å². The minimum atomic E-state index is -1.04. The number of aromatic nitrogens is 2. The van der Waals surface area contributed by atoms with Crippen LogP contribution >= 0.6 is 0 Å². The van der Waals surface area contributed by atoms with Gasteiger partial charge < -0.3 is 31.8 Å². The van der Waals surface area contributed by atoms with Crippen molar-refractivity contribution in [2.45, 2.75) is 83.5 Å². The van der Waals surface area contributed by atoms with Gasteiger partial charge in [-0.2, -0.15) is 0 Å². The van der Waals surface area contributed by atoms with Crippen molar-refractivity contribution in [1.29, 1.82) is 0 Å². The number of hydrogen-bond donors (Lipinski definition) is 6. The highest BCUT2D eigenvalue weighted by molar-refractivity contribution is 5.95. The number of unbranched alkanes of at least 4 members (excludes halogenated alkanes) is 1. The molecule has 0 bridgehead atoms. The average molecular weight is 714 g/mol. The minimum absolute atomic E-state index is 0.00340. The highest BCUT2D eigenvalue weighted by atomic mass is 16.3. The maximum absolute atomic E-state index is 13.6. The zero-order valence-corrected chi connectivity index (χ0v) is 30.0. The number of carbonyl (C=O) groups excluding carboxylic acids is 4. The summed E-state index contributed by atoms with van der Waals surface area (Å²) in [5, 5.41) is 10.6. The van der Waals surface area contributed by atoms with Crippen molar-refractivity contribution in [2.24, 2.45) is 22.7 Å². The lowest BCUT2D eigenvalue weighted by Crippen LogP contribution is -2.58. The van der Waals surface area contributed by atoms with Crippen LogP contribution in [0.3, 0.4) is 0 Å². The second-order valence-corrected chi connectivity index (χ2v) is 13.0. The summed E-state index contributed by atoms with van der Waals surface area (Å²) in [7, 11) is 0. The summed E-state index contributed by atoms with van der Waals surface area (Å²) in [6, 6.07) is 20.5. The number of nitrogens with one attached hydrogen (secondary N) is 4. The second-order valence-electron chi connectivity index (χ2n) is 13.0. The summed E-state index contributed by atoms with van der Waals surface area (Å²) in [5.41, 5.74) is 17.3. The molecule has 8 N–H and O–H groups in total. The predicted octanol–water partition coefficient (Wildman–Crippen LogP) is 2.87. The number of benzene rings is 2. The number of rotatable bonds is 18. The van der Waals surface area contributed by atoms with E-state index in [4.69, 9.17) is 11.5 Å². The number of carbonyl (C=O) groups is 4. The van der Waals surface area contributed by atoms with Crippen LogP contribution < -0.4 is 32.8 Å². The Bertz CT molecular complexity index is 1680. The molecule has 0 spiro atoms. The number of fused-ring (bicyclic) bond motifs is 1. The lowest BCUT2D eigenvalue weighted by Gasteiger charge is -2.26. The fraction of sp³-hybridized carbons (Fsp3) is 0.395. The first-order valence-electron chi connectivity index (χ1n) is 17.5. The third-order valence-electron chi connectivity index (χ3n) is 8.11. The fourth-order valence-electron chi connectivity index (χ4n) is 5.49. The van der Waals surface area contributed by atoms with Gasteiger partial charge in [0.15, 0.2) is 0 Å². The molecule has 4 aromatic rings.